The molecule has 18 N–H and O–H groups in total. The van der Waals surface area contributed by atoms with Gasteiger partial charge in [0, 0.05) is 96.3 Å². The topological polar surface area (TPSA) is 333 Å². The summed E-state index contributed by atoms with van der Waals surface area (Å²) >= 11 is 38.1. The van der Waals surface area contributed by atoms with Crippen molar-refractivity contribution in [1.29, 1.82) is 0 Å². The van der Waals surface area contributed by atoms with E-state index in [1.54, 1.807) is 18.2 Å². The van der Waals surface area contributed by atoms with Gasteiger partial charge in [-0.05, 0) is 177 Å². The highest BCUT2D eigenvalue weighted by Crippen LogP contribution is 2.41. The van der Waals surface area contributed by atoms with Crippen LogP contribution in [0.5, 0.6) is 17.2 Å². The van der Waals surface area contributed by atoms with Gasteiger partial charge in [0.05, 0.1) is 47.2 Å². The van der Waals surface area contributed by atoms with Crippen LogP contribution < -0.4 is 80.5 Å². The molecule has 0 spiro atoms. The van der Waals surface area contributed by atoms with Gasteiger partial charge in [-0.15, -0.1) is 0 Å². The number of nitrogens with two attached hydrogens (primary N) is 6. The van der Waals surface area contributed by atoms with Crippen LogP contribution in [-0.2, 0) is 32.7 Å². The Morgan fingerprint density at radius 2 is 0.717 bits per heavy atom. The molecule has 1 saturated carbocycles. The lowest BCUT2D eigenvalue weighted by molar-refractivity contribution is 0.232. The van der Waals surface area contributed by atoms with E-state index < -0.39 is 0 Å². The number of ether oxygens (including phenoxy) is 3. The van der Waals surface area contributed by atoms with Crippen molar-refractivity contribution in [2.45, 2.75) is 177 Å². The van der Waals surface area contributed by atoms with Gasteiger partial charge in [0.25, 0.3) is 0 Å². The molecule has 21 nitrogen and oxygen atoms in total. The summed E-state index contributed by atoms with van der Waals surface area (Å²) in [6.45, 7) is 25.5. The minimum absolute atomic E-state index is 0.106. The first-order chi connectivity index (χ1) is 54.2. The van der Waals surface area contributed by atoms with E-state index >= 15 is 0 Å². The highest BCUT2D eigenvalue weighted by atomic mass is 35.5. The van der Waals surface area contributed by atoms with Crippen LogP contribution in [0.4, 0.5) is 35.3 Å². The molecule has 3 aromatic heterocycles. The molecule has 113 heavy (non-hydrogen) atoms. The highest BCUT2D eigenvalue weighted by Gasteiger charge is 2.26. The second-order valence-electron chi connectivity index (χ2n) is 28.9. The van der Waals surface area contributed by atoms with Crippen molar-refractivity contribution in [2.24, 2.45) is 0 Å². The van der Waals surface area contributed by atoms with Crippen molar-refractivity contribution in [1.82, 2.24) is 61.8 Å². The van der Waals surface area contributed by atoms with Gasteiger partial charge in [0.15, 0.2) is 0 Å². The molecular formula is C86H108Cl6N18O3. The van der Waals surface area contributed by atoms with Gasteiger partial charge in [0.1, 0.15) is 54.5 Å². The molecule has 3 atom stereocenters. The summed E-state index contributed by atoms with van der Waals surface area (Å²) in [4.78, 5) is 25.7. The number of hydrogen-bond acceptors (Lipinski definition) is 21. The Morgan fingerprint density at radius 1 is 0.372 bits per heavy atom. The van der Waals surface area contributed by atoms with E-state index in [1.165, 1.54) is 27.8 Å². The third kappa shape index (κ3) is 26.0. The second-order valence-corrected chi connectivity index (χ2v) is 31.3. The standard InChI is InChI=1S/C30H34Cl2N6O.C28H36Cl2N6O.C28H38Cl2N6O/c1-18-7-4-8-19(2)28(18)39-17-20(3)36-15-22-10-5-9-21(13-22)14-35-16-25-26(29(33)38-30(34)37-25)23-11-6-12-24(31)27(23)32;1-16-6-4-7-17(2)26(16)37-15-18(3)34-20-12-10-19(11-13-20)33-14-23-24(27(31)36-28(32)35-23)21-8-5-9-22(29)25(21)30;1-18-10-8-11-19(2)26(18)37-17-20(3)34-15-7-5-4-6-14-33-16-23-24(27(31)36-28(32)35-23)21-12-9-13-22(29)25(21)30/h4-13,20,35-36H,14-17H2,1-3H3,(H4,33,34,37,38);4-9,18-20,33-34H,10-15H2,1-3H3,(H4,31,32,35,36);8-13,20,33-34H,4-7,14-17H2,1-3H3,(H4,31,32,35,36). The molecule has 3 unspecified atom stereocenters. The fraction of sp³-hybridized carbons (Fsp3) is 0.372. The van der Waals surface area contributed by atoms with E-state index in [1.807, 2.05) is 42.5 Å². The number of aryl methyl sites for hydroxylation is 6. The first kappa shape index (κ1) is 88.4. The molecule has 0 radical (unpaired) electrons. The zero-order chi connectivity index (χ0) is 81.3. The highest BCUT2D eigenvalue weighted by molar-refractivity contribution is 6.45. The number of nitrogens with one attached hydrogen (secondary N) is 6. The molecule has 0 bridgehead atoms. The van der Waals surface area contributed by atoms with E-state index in [4.69, 9.17) is 118 Å². The van der Waals surface area contributed by atoms with E-state index in [0.29, 0.717) is 151 Å². The monoisotopic (exact) mass is 1650 g/mol. The maximum atomic E-state index is 6.48. The van der Waals surface area contributed by atoms with Gasteiger partial charge in [-0.25, -0.2) is 15.0 Å². The number of nitrogen functional groups attached to an aromatic ring is 6. The Labute approximate surface area is 695 Å². The second kappa shape index (κ2) is 43.8. The van der Waals surface area contributed by atoms with Crippen LogP contribution in [0.15, 0.2) is 133 Å². The summed E-state index contributed by atoms with van der Waals surface area (Å²) in [6, 6.07) is 44.9. The van der Waals surface area contributed by atoms with E-state index in [2.05, 4.69) is 197 Å². The molecule has 602 valence electrons. The Bertz CT molecular complexity index is 4720. The molecule has 10 aromatic rings. The fourth-order valence-corrected chi connectivity index (χ4v) is 14.9. The zero-order valence-electron chi connectivity index (χ0n) is 66.0. The number of benzene rings is 7. The van der Waals surface area contributed by atoms with Gasteiger partial charge in [-0.2, -0.15) is 15.0 Å². The van der Waals surface area contributed by atoms with E-state index in [0.717, 1.165) is 105 Å². The summed E-state index contributed by atoms with van der Waals surface area (Å²) in [5, 5.41) is 24.0. The Hall–Kier alpha value is -8.52. The summed E-state index contributed by atoms with van der Waals surface area (Å²) in [7, 11) is 0. The number of anilines is 6. The number of aromatic nitrogens is 6. The number of rotatable bonds is 34. The molecule has 0 aliphatic heterocycles. The molecular weight excluding hydrogens is 1550 g/mol. The lowest BCUT2D eigenvalue weighted by Gasteiger charge is -2.32. The van der Waals surface area contributed by atoms with Gasteiger partial charge >= 0.3 is 0 Å². The van der Waals surface area contributed by atoms with E-state index in [9.17, 15) is 0 Å². The maximum absolute atomic E-state index is 6.48. The number of halogens is 6. The predicted molar refractivity (Wildman–Crippen MR) is 470 cm³/mol. The van der Waals surface area contributed by atoms with Gasteiger partial charge in [0.2, 0.25) is 17.8 Å². The molecule has 11 rings (SSSR count). The van der Waals surface area contributed by atoms with Crippen LogP contribution in [0, 0.1) is 41.5 Å². The number of para-hydroxylation sites is 3. The molecule has 0 amide bonds. The minimum Gasteiger partial charge on any atom is -0.491 e. The van der Waals surface area contributed by atoms with Crippen molar-refractivity contribution < 1.29 is 14.2 Å². The number of nitrogens with zero attached hydrogens (tertiary/aromatic N) is 6. The summed E-state index contributed by atoms with van der Waals surface area (Å²) in [5.41, 5.74) is 51.8. The third-order valence-electron chi connectivity index (χ3n) is 19.5. The largest absolute Gasteiger partial charge is 0.491 e. The molecule has 1 aliphatic carbocycles. The van der Waals surface area contributed by atoms with Crippen LogP contribution >= 0.6 is 69.6 Å². The van der Waals surface area contributed by atoms with Crippen LogP contribution in [0.2, 0.25) is 30.1 Å². The normalized spacial score (nSPS) is 14.1. The van der Waals surface area contributed by atoms with Crippen LogP contribution in [0.1, 0.15) is 134 Å². The molecule has 27 heteroatoms. The minimum atomic E-state index is 0.106. The summed E-state index contributed by atoms with van der Waals surface area (Å²) < 4.78 is 18.3. The zero-order valence-corrected chi connectivity index (χ0v) is 70.5. The van der Waals surface area contributed by atoms with Crippen molar-refractivity contribution in [3.63, 3.8) is 0 Å². The van der Waals surface area contributed by atoms with Crippen molar-refractivity contribution in [3.05, 3.63) is 225 Å². The Balaban J connectivity index is 0.000000194. The SMILES string of the molecule is Cc1cccc(C)c1OCC(C)NC1CCC(NCc2nc(N)nc(N)c2-c2cccc(Cl)c2Cl)CC1.Cc1cccc(C)c1OCC(C)NCCCCCCNCc1nc(N)nc(N)c1-c1cccc(Cl)c1Cl.Cc1cccc(C)c1OCC(C)NCc1cccc(CNCc2nc(N)nc(N)c2-c2cccc(Cl)c2Cl)c1. The molecule has 1 fully saturated rings. The molecule has 1 aliphatic rings. The Kier molecular flexibility index (Phi) is 34.3. The third-order valence-corrected chi connectivity index (χ3v) is 22.0. The molecule has 7 aromatic carbocycles. The van der Waals surface area contributed by atoms with E-state index in [-0.39, 0.29) is 41.6 Å². The van der Waals surface area contributed by atoms with Crippen LogP contribution in [0.3, 0.4) is 0 Å². The Morgan fingerprint density at radius 3 is 1.14 bits per heavy atom. The van der Waals surface area contributed by atoms with Crippen LogP contribution in [-0.4, -0.2) is 93.0 Å². The van der Waals surface area contributed by atoms with Gasteiger partial charge in [-0.1, -0.05) is 198 Å². The predicted octanol–water partition coefficient (Wildman–Crippen LogP) is 17.7. The summed E-state index contributed by atoms with van der Waals surface area (Å²) in [6.07, 6.45) is 8.80. The quantitative estimate of drug-likeness (QED) is 0.0167. The lowest BCUT2D eigenvalue weighted by Crippen LogP contribution is -2.44. The molecule has 0 saturated heterocycles. The lowest BCUT2D eigenvalue weighted by atomic mass is 9.90. The van der Waals surface area contributed by atoms with Crippen molar-refractivity contribution in [2.75, 3.05) is 67.3 Å². The average Bonchev–Trinajstić information content (AvgIpc) is 0.802. The number of unbranched alkanes of at least 4 members (excludes halogenated alkanes) is 3. The van der Waals surface area contributed by atoms with Crippen LogP contribution in [0.25, 0.3) is 33.4 Å². The van der Waals surface area contributed by atoms with Crippen molar-refractivity contribution in [3.8, 4) is 50.6 Å². The smallest absolute Gasteiger partial charge is 0.222 e. The summed E-state index contributed by atoms with van der Waals surface area (Å²) in [5.74, 6) is 4.17. The maximum Gasteiger partial charge on any atom is 0.222 e. The number of hydrogen-bond donors (Lipinski definition) is 12. The average molecular weight is 1650 g/mol. The first-order valence-corrected chi connectivity index (χ1v) is 40.6. The first-order valence-electron chi connectivity index (χ1n) is 38.3. The van der Waals surface area contributed by atoms with Crippen molar-refractivity contribution >= 4 is 105 Å². The fourth-order valence-electron chi connectivity index (χ4n) is 13.7. The van der Waals surface area contributed by atoms with Gasteiger partial charge < -0.3 is 80.5 Å². The molecule has 3 heterocycles. The van der Waals surface area contributed by atoms with Gasteiger partial charge in [-0.3, -0.25) is 0 Å².